The van der Waals surface area contributed by atoms with Crippen LogP contribution in [0.3, 0.4) is 0 Å². The molecule has 1 aromatic carbocycles. The van der Waals surface area contributed by atoms with Crippen molar-refractivity contribution in [3.05, 3.63) is 47.1 Å². The number of sulfonamides is 1. The molecule has 5 nitrogen and oxygen atoms in total. The molecule has 1 heterocycles. The molecule has 116 valence electrons. The van der Waals surface area contributed by atoms with Crippen LogP contribution in [0.15, 0.2) is 41.4 Å². The number of nitrogens with zero attached hydrogens (tertiary/aromatic N) is 1. The van der Waals surface area contributed by atoms with E-state index < -0.39 is 10.0 Å². The van der Waals surface area contributed by atoms with Crippen molar-refractivity contribution < 1.29 is 8.42 Å². The van der Waals surface area contributed by atoms with Crippen molar-refractivity contribution >= 4 is 33.1 Å². The maximum Gasteiger partial charge on any atom is 0.263 e. The molecule has 1 fully saturated rings. The Kier molecular flexibility index (Phi) is 3.97. The number of rotatable bonds is 5. The Morgan fingerprint density at radius 2 is 2.00 bits per heavy atom. The molecule has 0 atom stereocenters. The number of anilines is 2. The zero-order chi connectivity index (χ0) is 15.7. The highest BCUT2D eigenvalue weighted by Gasteiger charge is 2.21. The van der Waals surface area contributed by atoms with Crippen molar-refractivity contribution in [1.29, 1.82) is 0 Å². The third-order valence-corrected chi connectivity index (χ3v) is 5.17. The number of hydrogen-bond donors (Lipinski definition) is 2. The summed E-state index contributed by atoms with van der Waals surface area (Å²) in [4.78, 5) is 4.29. The summed E-state index contributed by atoms with van der Waals surface area (Å²) in [6.45, 7) is 1.76. The highest BCUT2D eigenvalue weighted by Crippen LogP contribution is 2.25. The van der Waals surface area contributed by atoms with Crippen LogP contribution in [0.25, 0.3) is 0 Å². The fourth-order valence-corrected chi connectivity index (χ4v) is 3.19. The largest absolute Gasteiger partial charge is 0.381 e. The average molecular weight is 338 g/mol. The molecule has 3 rings (SSSR count). The molecule has 1 aliphatic carbocycles. The van der Waals surface area contributed by atoms with Gasteiger partial charge < -0.3 is 5.32 Å². The quantitative estimate of drug-likeness (QED) is 0.877. The molecule has 0 spiro atoms. The normalized spacial score (nSPS) is 14.6. The minimum absolute atomic E-state index is 0.163. The van der Waals surface area contributed by atoms with Crippen molar-refractivity contribution in [3.8, 4) is 0 Å². The van der Waals surface area contributed by atoms with Gasteiger partial charge in [-0.3, -0.25) is 4.72 Å². The van der Waals surface area contributed by atoms with Gasteiger partial charge in [0.05, 0.1) is 16.8 Å². The fourth-order valence-electron chi connectivity index (χ4n) is 1.98. The monoisotopic (exact) mass is 337 g/mol. The summed E-state index contributed by atoms with van der Waals surface area (Å²) in [5.41, 5.74) is 1.61. The van der Waals surface area contributed by atoms with Crippen LogP contribution in [0.4, 0.5) is 11.5 Å². The summed E-state index contributed by atoms with van der Waals surface area (Å²) in [6.07, 6.45) is 3.97. The lowest BCUT2D eigenvalue weighted by atomic mass is 10.2. The number of aromatic nitrogens is 1. The first-order chi connectivity index (χ1) is 10.4. The van der Waals surface area contributed by atoms with Gasteiger partial charge in [0, 0.05) is 11.1 Å². The molecular weight excluding hydrogens is 322 g/mol. The predicted octanol–water partition coefficient (Wildman–Crippen LogP) is 3.42. The Labute approximate surface area is 134 Å². The molecule has 1 aromatic heterocycles. The Balaban J connectivity index is 1.76. The predicted molar refractivity (Wildman–Crippen MR) is 87.9 cm³/mol. The molecule has 0 radical (unpaired) electrons. The lowest BCUT2D eigenvalue weighted by molar-refractivity contribution is 0.601. The van der Waals surface area contributed by atoms with Crippen LogP contribution in [0.1, 0.15) is 18.4 Å². The first kappa shape index (κ1) is 15.1. The minimum Gasteiger partial charge on any atom is -0.381 e. The van der Waals surface area contributed by atoms with E-state index in [1.807, 2.05) is 6.07 Å². The van der Waals surface area contributed by atoms with Crippen molar-refractivity contribution in [2.75, 3.05) is 10.0 Å². The van der Waals surface area contributed by atoms with Crippen LogP contribution in [-0.2, 0) is 10.0 Å². The molecule has 1 saturated carbocycles. The second kappa shape index (κ2) is 5.78. The van der Waals surface area contributed by atoms with Crippen LogP contribution in [0.2, 0.25) is 5.02 Å². The van der Waals surface area contributed by atoms with E-state index in [1.165, 1.54) is 25.0 Å². The van der Waals surface area contributed by atoms with Crippen LogP contribution >= 0.6 is 11.6 Å². The smallest absolute Gasteiger partial charge is 0.263 e. The van der Waals surface area contributed by atoms with Gasteiger partial charge >= 0.3 is 0 Å². The van der Waals surface area contributed by atoms with E-state index in [2.05, 4.69) is 15.0 Å². The maximum absolute atomic E-state index is 12.3. The van der Waals surface area contributed by atoms with Gasteiger partial charge in [-0.15, -0.1) is 0 Å². The van der Waals surface area contributed by atoms with Crippen molar-refractivity contribution in [3.63, 3.8) is 0 Å². The van der Waals surface area contributed by atoms with E-state index in [0.29, 0.717) is 16.6 Å². The topological polar surface area (TPSA) is 71.1 Å². The lowest BCUT2D eigenvalue weighted by Crippen LogP contribution is -2.14. The number of nitrogens with one attached hydrogen (secondary N) is 2. The van der Waals surface area contributed by atoms with Crippen molar-refractivity contribution in [2.24, 2.45) is 0 Å². The molecule has 2 N–H and O–H groups in total. The van der Waals surface area contributed by atoms with E-state index in [1.54, 1.807) is 25.3 Å². The Morgan fingerprint density at radius 3 is 2.59 bits per heavy atom. The van der Waals surface area contributed by atoms with Crippen LogP contribution < -0.4 is 10.0 Å². The summed E-state index contributed by atoms with van der Waals surface area (Å²) >= 11 is 5.92. The molecule has 0 unspecified atom stereocenters. The number of aryl methyl sites for hydroxylation is 1. The zero-order valence-corrected chi connectivity index (χ0v) is 13.6. The molecule has 22 heavy (non-hydrogen) atoms. The Bertz CT molecular complexity index is 787. The summed E-state index contributed by atoms with van der Waals surface area (Å²) in [6, 6.07) is 8.57. The zero-order valence-electron chi connectivity index (χ0n) is 12.0. The third kappa shape index (κ3) is 3.51. The molecule has 1 aliphatic rings. The Morgan fingerprint density at radius 1 is 1.23 bits per heavy atom. The number of halogens is 1. The van der Waals surface area contributed by atoms with Crippen molar-refractivity contribution in [1.82, 2.24) is 4.98 Å². The van der Waals surface area contributed by atoms with E-state index in [0.717, 1.165) is 5.69 Å². The molecule has 7 heteroatoms. The first-order valence-corrected chi connectivity index (χ1v) is 8.82. The maximum atomic E-state index is 12.3. The summed E-state index contributed by atoms with van der Waals surface area (Å²) in [5.74, 6) is 0.286. The van der Waals surface area contributed by atoms with E-state index in [-0.39, 0.29) is 10.7 Å². The molecule has 0 amide bonds. The Hall–Kier alpha value is -1.79. The second-order valence-electron chi connectivity index (χ2n) is 5.37. The van der Waals surface area contributed by atoms with E-state index in [9.17, 15) is 8.42 Å². The summed E-state index contributed by atoms with van der Waals surface area (Å²) in [5, 5.41) is 3.83. The van der Waals surface area contributed by atoms with Gasteiger partial charge in [-0.2, -0.15) is 0 Å². The third-order valence-electron chi connectivity index (χ3n) is 3.39. The fraction of sp³-hybridized carbons (Fsp3) is 0.267. The average Bonchev–Trinajstić information content (AvgIpc) is 3.27. The van der Waals surface area contributed by atoms with Crippen LogP contribution in [0, 0.1) is 6.92 Å². The van der Waals surface area contributed by atoms with Gasteiger partial charge in [0.15, 0.2) is 0 Å². The molecule has 0 bridgehead atoms. The molecule has 2 aromatic rings. The van der Waals surface area contributed by atoms with Crippen LogP contribution in [-0.4, -0.2) is 19.4 Å². The minimum atomic E-state index is -3.67. The first-order valence-electron chi connectivity index (χ1n) is 6.95. The van der Waals surface area contributed by atoms with E-state index in [4.69, 9.17) is 11.6 Å². The molecule has 0 aliphatic heterocycles. The van der Waals surface area contributed by atoms with Gasteiger partial charge in [0.1, 0.15) is 5.82 Å². The highest BCUT2D eigenvalue weighted by molar-refractivity contribution is 7.92. The number of hydrogen-bond acceptors (Lipinski definition) is 4. The summed E-state index contributed by atoms with van der Waals surface area (Å²) in [7, 11) is -3.67. The number of pyridine rings is 1. The van der Waals surface area contributed by atoms with E-state index >= 15 is 0 Å². The van der Waals surface area contributed by atoms with Gasteiger partial charge in [-0.25, -0.2) is 13.4 Å². The standard InChI is InChI=1S/C15H16ClN3O2S/c1-10-8-13(5-6-14(10)16)22(20,21)19-15-7-4-12(9-17-15)18-11-2-3-11/h4-9,11,18H,2-3H2,1H3,(H,17,19). The highest BCUT2D eigenvalue weighted by atomic mass is 35.5. The number of benzene rings is 1. The summed E-state index contributed by atoms with van der Waals surface area (Å²) < 4.78 is 27.1. The lowest BCUT2D eigenvalue weighted by Gasteiger charge is -2.09. The van der Waals surface area contributed by atoms with Gasteiger partial charge in [-0.05, 0) is 55.7 Å². The molecule has 0 saturated heterocycles. The van der Waals surface area contributed by atoms with Crippen LogP contribution in [0.5, 0.6) is 0 Å². The van der Waals surface area contributed by atoms with Gasteiger partial charge in [0.25, 0.3) is 10.0 Å². The second-order valence-corrected chi connectivity index (χ2v) is 7.46. The molecular formula is C15H16ClN3O2S. The van der Waals surface area contributed by atoms with Crippen molar-refractivity contribution in [2.45, 2.75) is 30.7 Å². The van der Waals surface area contributed by atoms with Gasteiger partial charge in [-0.1, -0.05) is 11.6 Å². The van der Waals surface area contributed by atoms with Gasteiger partial charge in [0.2, 0.25) is 0 Å². The SMILES string of the molecule is Cc1cc(S(=O)(=O)Nc2ccc(NC3CC3)cn2)ccc1Cl.